The molecule has 0 spiro atoms. The van der Waals surface area contributed by atoms with Gasteiger partial charge in [-0.15, -0.1) is 0 Å². The van der Waals surface area contributed by atoms with Crippen molar-refractivity contribution >= 4 is 0 Å². The maximum atomic E-state index is 8.59. The van der Waals surface area contributed by atoms with E-state index in [-0.39, 0.29) is 6.23 Å². The van der Waals surface area contributed by atoms with Crippen LogP contribution in [0, 0.1) is 15.3 Å². The number of aliphatic hydroxyl groups excluding tert-OH is 1. The predicted molar refractivity (Wildman–Crippen MR) is 34.9 cm³/mol. The van der Waals surface area contributed by atoms with Crippen molar-refractivity contribution in [3.63, 3.8) is 0 Å². The molecule has 0 rings (SSSR count). The number of nitrogens with zero attached hydrogens (tertiary/aromatic N) is 1. The number of quaternary nitrogens is 1. The van der Waals surface area contributed by atoms with Crippen molar-refractivity contribution in [3.05, 3.63) is 15.3 Å². The minimum absolute atomic E-state index is 0.231. The van der Waals surface area contributed by atoms with Crippen LogP contribution in [-0.4, -0.2) is 30.5 Å². The molecular formula is C4H12N2O4. The molecule has 0 aromatic carbocycles. The van der Waals surface area contributed by atoms with Crippen LogP contribution < -0.4 is 4.90 Å². The van der Waals surface area contributed by atoms with Gasteiger partial charge in [0.15, 0.2) is 6.23 Å². The fourth-order valence-corrected chi connectivity index (χ4v) is 0. The Hall–Kier alpha value is -0.880. The maximum Gasteiger partial charge on any atom is 0.185 e. The van der Waals surface area contributed by atoms with E-state index < -0.39 is 5.09 Å². The van der Waals surface area contributed by atoms with E-state index in [1.807, 2.05) is 14.1 Å². The Balaban J connectivity index is 0. The molecule has 0 amide bonds. The maximum absolute atomic E-state index is 8.59. The van der Waals surface area contributed by atoms with Crippen molar-refractivity contribution < 1.29 is 15.1 Å². The summed E-state index contributed by atoms with van der Waals surface area (Å²) in [4.78, 5) is 9.31. The van der Waals surface area contributed by atoms with E-state index >= 15 is 0 Å². The third-order valence-electron chi connectivity index (χ3n) is 0.836. The van der Waals surface area contributed by atoms with Gasteiger partial charge in [-0.1, -0.05) is 0 Å². The number of aliphatic hydroxyl groups is 1. The molecule has 10 heavy (non-hydrogen) atoms. The van der Waals surface area contributed by atoms with Gasteiger partial charge in [-0.3, -0.25) is 0 Å². The number of rotatable bonds is 1. The monoisotopic (exact) mass is 152 g/mol. The van der Waals surface area contributed by atoms with Crippen molar-refractivity contribution in [2.45, 2.75) is 13.2 Å². The second-order valence-electron chi connectivity index (χ2n) is 1.98. The van der Waals surface area contributed by atoms with Gasteiger partial charge in [0.2, 0.25) is 0 Å². The molecular weight excluding hydrogens is 140 g/mol. The van der Waals surface area contributed by atoms with Crippen molar-refractivity contribution in [1.29, 1.82) is 0 Å². The Morgan fingerprint density at radius 2 is 1.60 bits per heavy atom. The molecule has 0 aromatic heterocycles. The smallest absolute Gasteiger partial charge is 0.185 e. The Morgan fingerprint density at radius 1 is 1.50 bits per heavy atom. The Morgan fingerprint density at radius 3 is 1.60 bits per heavy atom. The zero-order valence-corrected chi connectivity index (χ0v) is 6.20. The molecule has 0 fully saturated rings. The fourth-order valence-electron chi connectivity index (χ4n) is 0. The molecule has 0 aromatic rings. The second-order valence-corrected chi connectivity index (χ2v) is 1.98. The molecule has 0 radical (unpaired) electrons. The van der Waals surface area contributed by atoms with Gasteiger partial charge < -0.3 is 25.3 Å². The molecule has 0 aliphatic carbocycles. The largest absolute Gasteiger partial charge is 0.356 e. The molecule has 2 N–H and O–H groups in total. The van der Waals surface area contributed by atoms with E-state index in [1.165, 1.54) is 0 Å². The molecule has 0 saturated carbocycles. The Bertz CT molecular complexity index is 83.3. The molecule has 6 heteroatoms. The average Bonchev–Trinajstić information content (AvgIpc) is 1.63. The van der Waals surface area contributed by atoms with Crippen LogP contribution in [0.1, 0.15) is 6.92 Å². The first-order valence-corrected chi connectivity index (χ1v) is 2.67. The van der Waals surface area contributed by atoms with Crippen molar-refractivity contribution in [2.75, 3.05) is 14.1 Å². The van der Waals surface area contributed by atoms with Gasteiger partial charge in [0.25, 0.3) is 0 Å². The van der Waals surface area contributed by atoms with E-state index in [4.69, 9.17) is 20.4 Å². The highest BCUT2D eigenvalue weighted by Gasteiger charge is 1.96. The lowest BCUT2D eigenvalue weighted by atomic mass is 10.6. The molecule has 0 heterocycles. The third kappa shape index (κ3) is 27.4. The standard InChI is InChI=1S/C4H11NO.NO3/c1-4(6)5(2)3;2-1(3)4/h4,6H,1-3H3;/q;-1/p+1. The van der Waals surface area contributed by atoms with E-state index in [1.54, 1.807) is 6.92 Å². The van der Waals surface area contributed by atoms with Crippen LogP contribution in [0.15, 0.2) is 0 Å². The Labute approximate surface area is 58.8 Å². The summed E-state index contributed by atoms with van der Waals surface area (Å²) in [5, 5.41) is 23.3. The summed E-state index contributed by atoms with van der Waals surface area (Å²) in [6.07, 6.45) is -0.231. The first-order chi connectivity index (χ1) is 4.37. The second kappa shape index (κ2) is 6.24. The zero-order chi connectivity index (χ0) is 8.73. The molecule has 0 aliphatic heterocycles. The normalized spacial score (nSPS) is 11.7. The summed E-state index contributed by atoms with van der Waals surface area (Å²) >= 11 is 0. The van der Waals surface area contributed by atoms with Gasteiger partial charge >= 0.3 is 0 Å². The van der Waals surface area contributed by atoms with Gasteiger partial charge in [0.1, 0.15) is 0 Å². The third-order valence-corrected chi connectivity index (χ3v) is 0.836. The number of nitrogens with one attached hydrogen (secondary N) is 1. The van der Waals surface area contributed by atoms with Crippen LogP contribution >= 0.6 is 0 Å². The fraction of sp³-hybridized carbons (Fsp3) is 1.00. The van der Waals surface area contributed by atoms with Crippen molar-refractivity contribution in [3.8, 4) is 0 Å². The summed E-state index contributed by atoms with van der Waals surface area (Å²) in [7, 11) is 3.81. The Kier molecular flexibility index (Phi) is 7.41. The summed E-state index contributed by atoms with van der Waals surface area (Å²) in [6.45, 7) is 1.76. The summed E-state index contributed by atoms with van der Waals surface area (Å²) in [5.41, 5.74) is 0. The predicted octanol–water partition coefficient (Wildman–Crippen LogP) is -1.77. The van der Waals surface area contributed by atoms with Gasteiger partial charge in [-0.2, -0.15) is 0 Å². The van der Waals surface area contributed by atoms with E-state index in [0.29, 0.717) is 0 Å². The summed E-state index contributed by atoms with van der Waals surface area (Å²) < 4.78 is 0. The first-order valence-electron chi connectivity index (χ1n) is 2.67. The minimum Gasteiger partial charge on any atom is -0.356 e. The highest BCUT2D eigenvalue weighted by atomic mass is 16.9. The highest BCUT2D eigenvalue weighted by Crippen LogP contribution is 1.52. The number of hydrogen-bond acceptors (Lipinski definition) is 4. The van der Waals surface area contributed by atoms with Crippen LogP contribution in [0.4, 0.5) is 0 Å². The van der Waals surface area contributed by atoms with Crippen molar-refractivity contribution in [1.82, 2.24) is 0 Å². The van der Waals surface area contributed by atoms with Crippen LogP contribution in [0.2, 0.25) is 0 Å². The van der Waals surface area contributed by atoms with E-state index in [0.717, 1.165) is 4.90 Å². The quantitative estimate of drug-likeness (QED) is 0.264. The van der Waals surface area contributed by atoms with Gasteiger partial charge in [0, 0.05) is 6.92 Å². The molecule has 1 unspecified atom stereocenters. The molecule has 0 saturated heterocycles. The van der Waals surface area contributed by atoms with Crippen LogP contribution in [0.3, 0.4) is 0 Å². The molecule has 62 valence electrons. The topological polar surface area (TPSA) is 90.9 Å². The first kappa shape index (κ1) is 11.9. The lowest BCUT2D eigenvalue weighted by Gasteiger charge is -2.08. The molecule has 6 nitrogen and oxygen atoms in total. The van der Waals surface area contributed by atoms with Gasteiger partial charge in [-0.05, 0) is 0 Å². The highest BCUT2D eigenvalue weighted by molar-refractivity contribution is 4.07. The van der Waals surface area contributed by atoms with Crippen molar-refractivity contribution in [2.24, 2.45) is 0 Å². The lowest BCUT2D eigenvalue weighted by Crippen LogP contribution is -3.09. The SMILES string of the molecule is CC(O)[NH+](C)C.O=[N+]([O-])[O-]. The van der Waals surface area contributed by atoms with Crippen LogP contribution in [0.5, 0.6) is 0 Å². The molecule has 1 atom stereocenters. The van der Waals surface area contributed by atoms with E-state index in [9.17, 15) is 0 Å². The van der Waals surface area contributed by atoms with E-state index in [2.05, 4.69) is 0 Å². The lowest BCUT2D eigenvalue weighted by molar-refractivity contribution is -0.907. The number of hydrogen-bond donors (Lipinski definition) is 2. The average molecular weight is 152 g/mol. The van der Waals surface area contributed by atoms with Gasteiger partial charge in [-0.25, -0.2) is 0 Å². The van der Waals surface area contributed by atoms with Crippen LogP contribution in [-0.2, 0) is 0 Å². The molecule has 0 aliphatic rings. The zero-order valence-electron chi connectivity index (χ0n) is 6.20. The minimum atomic E-state index is -1.75. The summed E-state index contributed by atoms with van der Waals surface area (Å²) in [6, 6.07) is 0. The molecule has 0 bridgehead atoms. The van der Waals surface area contributed by atoms with Gasteiger partial charge in [0.05, 0.1) is 19.2 Å². The summed E-state index contributed by atoms with van der Waals surface area (Å²) in [5.74, 6) is 0. The van der Waals surface area contributed by atoms with Crippen LogP contribution in [0.25, 0.3) is 0 Å².